The van der Waals surface area contributed by atoms with Crippen molar-refractivity contribution in [3.8, 4) is 0 Å². The van der Waals surface area contributed by atoms with Gasteiger partial charge in [0, 0.05) is 0 Å². The smallest absolute Gasteiger partial charge is 0.00181 e. The molecule has 0 aromatic rings. The Hall–Kier alpha value is -0.0400. The topological polar surface area (TPSA) is 12.0 Å². The van der Waals surface area contributed by atoms with Crippen molar-refractivity contribution in [2.45, 2.75) is 33.1 Å². The molecule has 60 valence electrons. The Morgan fingerprint density at radius 3 is 2.70 bits per heavy atom. The van der Waals surface area contributed by atoms with Crippen molar-refractivity contribution in [3.05, 3.63) is 0 Å². The van der Waals surface area contributed by atoms with Gasteiger partial charge in [0.25, 0.3) is 0 Å². The summed E-state index contributed by atoms with van der Waals surface area (Å²) < 4.78 is 0. The summed E-state index contributed by atoms with van der Waals surface area (Å²) in [5.74, 6) is 1.94. The van der Waals surface area contributed by atoms with Crippen LogP contribution in [0.2, 0.25) is 0 Å². The molecule has 0 radical (unpaired) electrons. The molecule has 1 aliphatic rings. The third kappa shape index (κ3) is 1.98. The summed E-state index contributed by atoms with van der Waals surface area (Å²) in [6, 6.07) is 0. The molecule has 2 atom stereocenters. The van der Waals surface area contributed by atoms with Crippen molar-refractivity contribution >= 4 is 0 Å². The summed E-state index contributed by atoms with van der Waals surface area (Å²) in [5, 5.41) is 3.42. The van der Waals surface area contributed by atoms with E-state index in [1.807, 2.05) is 0 Å². The van der Waals surface area contributed by atoms with E-state index in [1.54, 1.807) is 0 Å². The largest absolute Gasteiger partial charge is 0.317 e. The number of hydrogen-bond donors (Lipinski definition) is 1. The van der Waals surface area contributed by atoms with Crippen molar-refractivity contribution in [2.24, 2.45) is 11.8 Å². The molecule has 1 unspecified atom stereocenters. The van der Waals surface area contributed by atoms with E-state index < -0.39 is 0 Å². The third-order valence-corrected chi connectivity index (χ3v) is 2.70. The minimum Gasteiger partial charge on any atom is -0.317 e. The molecule has 0 spiro atoms. The molecular formula is C9H19N. The molecule has 1 heteroatoms. The molecule has 1 nitrogen and oxygen atoms in total. The Morgan fingerprint density at radius 1 is 1.40 bits per heavy atom. The first-order chi connectivity index (χ1) is 4.84. The van der Waals surface area contributed by atoms with Crippen molar-refractivity contribution in [3.63, 3.8) is 0 Å². The van der Waals surface area contributed by atoms with Crippen LogP contribution in [-0.2, 0) is 0 Å². The van der Waals surface area contributed by atoms with Crippen LogP contribution in [0.5, 0.6) is 0 Å². The highest BCUT2D eigenvalue weighted by atomic mass is 14.8. The highest BCUT2D eigenvalue weighted by Gasteiger charge is 2.21. The standard InChI is InChI=1S/C9H19N/c1-3-10-7-9-6-4-5-8(9)2/h8-10H,3-7H2,1-2H3/t8?,9-/m1/s1. The maximum atomic E-state index is 3.42. The van der Waals surface area contributed by atoms with Gasteiger partial charge in [-0.3, -0.25) is 0 Å². The van der Waals surface area contributed by atoms with Crippen LogP contribution in [0.3, 0.4) is 0 Å². The Bertz CT molecular complexity index is 90.7. The average Bonchev–Trinajstić information content (AvgIpc) is 2.31. The van der Waals surface area contributed by atoms with E-state index in [4.69, 9.17) is 0 Å². The second-order valence-corrected chi connectivity index (χ2v) is 3.48. The van der Waals surface area contributed by atoms with Crippen LogP contribution in [0.4, 0.5) is 0 Å². The van der Waals surface area contributed by atoms with Crippen molar-refractivity contribution in [2.75, 3.05) is 13.1 Å². The molecular weight excluding hydrogens is 122 g/mol. The molecule has 0 aromatic heterocycles. The molecule has 1 N–H and O–H groups in total. The van der Waals surface area contributed by atoms with Gasteiger partial charge in [-0.1, -0.05) is 26.7 Å². The van der Waals surface area contributed by atoms with Gasteiger partial charge < -0.3 is 5.32 Å². The van der Waals surface area contributed by atoms with Crippen LogP contribution < -0.4 is 5.32 Å². The van der Waals surface area contributed by atoms with Crippen LogP contribution in [-0.4, -0.2) is 13.1 Å². The second kappa shape index (κ2) is 3.97. The molecule has 1 saturated carbocycles. The van der Waals surface area contributed by atoms with Crippen molar-refractivity contribution in [1.29, 1.82) is 0 Å². The van der Waals surface area contributed by atoms with Crippen LogP contribution in [0, 0.1) is 11.8 Å². The lowest BCUT2D eigenvalue weighted by atomic mass is 9.98. The van der Waals surface area contributed by atoms with Crippen molar-refractivity contribution in [1.82, 2.24) is 5.32 Å². The summed E-state index contributed by atoms with van der Waals surface area (Å²) in [6.07, 6.45) is 4.36. The van der Waals surface area contributed by atoms with E-state index in [-0.39, 0.29) is 0 Å². The van der Waals surface area contributed by atoms with Crippen LogP contribution in [0.1, 0.15) is 33.1 Å². The number of nitrogens with one attached hydrogen (secondary N) is 1. The zero-order chi connectivity index (χ0) is 7.40. The number of rotatable bonds is 3. The van der Waals surface area contributed by atoms with Gasteiger partial charge in [0.05, 0.1) is 0 Å². The van der Waals surface area contributed by atoms with Crippen LogP contribution in [0.15, 0.2) is 0 Å². The van der Waals surface area contributed by atoms with Gasteiger partial charge >= 0.3 is 0 Å². The lowest BCUT2D eigenvalue weighted by Gasteiger charge is -2.14. The molecule has 0 saturated heterocycles. The highest BCUT2D eigenvalue weighted by molar-refractivity contribution is 4.75. The number of hydrogen-bond acceptors (Lipinski definition) is 1. The lowest BCUT2D eigenvalue weighted by Crippen LogP contribution is -2.23. The van der Waals surface area contributed by atoms with Crippen LogP contribution >= 0.6 is 0 Å². The first kappa shape index (κ1) is 8.06. The fourth-order valence-electron chi connectivity index (χ4n) is 1.86. The van der Waals surface area contributed by atoms with E-state index in [2.05, 4.69) is 19.2 Å². The predicted molar refractivity (Wildman–Crippen MR) is 45.0 cm³/mol. The van der Waals surface area contributed by atoms with Gasteiger partial charge in [-0.15, -0.1) is 0 Å². The van der Waals surface area contributed by atoms with Gasteiger partial charge in [-0.25, -0.2) is 0 Å². The van der Waals surface area contributed by atoms with Crippen LogP contribution in [0.25, 0.3) is 0 Å². The van der Waals surface area contributed by atoms with Gasteiger partial charge in [-0.2, -0.15) is 0 Å². The Balaban J connectivity index is 2.14. The molecule has 0 bridgehead atoms. The Labute approximate surface area is 64.2 Å². The fraction of sp³-hybridized carbons (Fsp3) is 1.00. The van der Waals surface area contributed by atoms with E-state index >= 15 is 0 Å². The maximum absolute atomic E-state index is 3.42. The quantitative estimate of drug-likeness (QED) is 0.634. The molecule has 10 heavy (non-hydrogen) atoms. The Morgan fingerprint density at radius 2 is 2.20 bits per heavy atom. The van der Waals surface area contributed by atoms with Gasteiger partial charge in [-0.05, 0) is 31.3 Å². The highest BCUT2D eigenvalue weighted by Crippen LogP contribution is 2.30. The maximum Gasteiger partial charge on any atom is -0.00181 e. The molecule has 0 aromatic carbocycles. The monoisotopic (exact) mass is 141 g/mol. The molecule has 0 heterocycles. The third-order valence-electron chi connectivity index (χ3n) is 2.70. The minimum absolute atomic E-state index is 0.971. The first-order valence-corrected chi connectivity index (χ1v) is 4.55. The first-order valence-electron chi connectivity index (χ1n) is 4.55. The molecule has 1 aliphatic carbocycles. The van der Waals surface area contributed by atoms with Gasteiger partial charge in [0.2, 0.25) is 0 Å². The molecule has 1 rings (SSSR count). The summed E-state index contributed by atoms with van der Waals surface area (Å²) in [4.78, 5) is 0. The van der Waals surface area contributed by atoms with E-state index in [0.29, 0.717) is 0 Å². The van der Waals surface area contributed by atoms with E-state index in [9.17, 15) is 0 Å². The fourth-order valence-corrected chi connectivity index (χ4v) is 1.86. The normalized spacial score (nSPS) is 33.0. The average molecular weight is 141 g/mol. The summed E-state index contributed by atoms with van der Waals surface area (Å²) in [5.41, 5.74) is 0. The summed E-state index contributed by atoms with van der Waals surface area (Å²) in [6.45, 7) is 6.94. The van der Waals surface area contributed by atoms with E-state index in [0.717, 1.165) is 18.4 Å². The summed E-state index contributed by atoms with van der Waals surface area (Å²) >= 11 is 0. The lowest BCUT2D eigenvalue weighted by molar-refractivity contribution is 0.397. The minimum atomic E-state index is 0.971. The van der Waals surface area contributed by atoms with E-state index in [1.165, 1.54) is 25.8 Å². The predicted octanol–water partition coefficient (Wildman–Crippen LogP) is 2.03. The summed E-state index contributed by atoms with van der Waals surface area (Å²) in [7, 11) is 0. The SMILES string of the molecule is CCNC[C@H]1CCCC1C. The molecule has 0 amide bonds. The zero-order valence-electron chi connectivity index (χ0n) is 7.19. The zero-order valence-corrected chi connectivity index (χ0v) is 7.19. The Kier molecular flexibility index (Phi) is 3.20. The molecule has 0 aliphatic heterocycles. The second-order valence-electron chi connectivity index (χ2n) is 3.48. The van der Waals surface area contributed by atoms with Crippen molar-refractivity contribution < 1.29 is 0 Å². The van der Waals surface area contributed by atoms with Gasteiger partial charge in [0.15, 0.2) is 0 Å². The van der Waals surface area contributed by atoms with Gasteiger partial charge in [0.1, 0.15) is 0 Å². The molecule has 1 fully saturated rings.